The Kier molecular flexibility index (Phi) is 4.86. The topological polar surface area (TPSA) is 72.5 Å². The van der Waals surface area contributed by atoms with Gasteiger partial charge in [-0.2, -0.15) is 4.72 Å². The fourth-order valence-electron chi connectivity index (χ4n) is 1.41. The molecule has 100 valence electrons. The molecule has 0 heterocycles. The van der Waals surface area contributed by atoms with E-state index in [0.29, 0.717) is 6.42 Å². The van der Waals surface area contributed by atoms with Gasteiger partial charge in [-0.05, 0) is 25.5 Å². The highest BCUT2D eigenvalue weighted by molar-refractivity contribution is 7.89. The summed E-state index contributed by atoms with van der Waals surface area (Å²) in [6.07, 6.45) is 0.331. The maximum absolute atomic E-state index is 12.0. The summed E-state index contributed by atoms with van der Waals surface area (Å²) in [5, 5.41) is 0. The van der Waals surface area contributed by atoms with Crippen LogP contribution in [0.25, 0.3) is 0 Å². The van der Waals surface area contributed by atoms with Gasteiger partial charge < -0.3 is 4.74 Å². The van der Waals surface area contributed by atoms with Crippen molar-refractivity contribution < 1.29 is 17.9 Å². The van der Waals surface area contributed by atoms with E-state index in [1.165, 1.54) is 19.2 Å². The fourth-order valence-corrected chi connectivity index (χ4v) is 2.68. The molecule has 0 saturated heterocycles. The summed E-state index contributed by atoms with van der Waals surface area (Å²) < 4.78 is 30.9. The van der Waals surface area contributed by atoms with Gasteiger partial charge in [0.15, 0.2) is 0 Å². The molecular formula is C12H17NO4S. The van der Waals surface area contributed by atoms with E-state index in [1.807, 2.05) is 6.92 Å². The summed E-state index contributed by atoms with van der Waals surface area (Å²) in [4.78, 5) is 11.5. The number of ether oxygens (including phenoxy) is 1. The van der Waals surface area contributed by atoms with Gasteiger partial charge in [-0.15, -0.1) is 0 Å². The molecule has 0 bridgehead atoms. The van der Waals surface area contributed by atoms with Crippen LogP contribution in [0.3, 0.4) is 0 Å². The monoisotopic (exact) mass is 271 g/mol. The lowest BCUT2D eigenvalue weighted by atomic mass is 10.2. The molecule has 0 aliphatic heterocycles. The normalized spacial score (nSPS) is 13.1. The Morgan fingerprint density at radius 2 is 1.89 bits per heavy atom. The van der Waals surface area contributed by atoms with Gasteiger partial charge in [0.1, 0.15) is 6.04 Å². The zero-order chi connectivity index (χ0) is 13.8. The van der Waals surface area contributed by atoms with Crippen molar-refractivity contribution >= 4 is 16.0 Å². The molecule has 0 aromatic heterocycles. The van der Waals surface area contributed by atoms with Gasteiger partial charge in [0.25, 0.3) is 0 Å². The van der Waals surface area contributed by atoms with Crippen LogP contribution in [0.15, 0.2) is 29.2 Å². The van der Waals surface area contributed by atoms with Crippen LogP contribution in [0.5, 0.6) is 0 Å². The molecule has 0 radical (unpaired) electrons. The Labute approximate surface area is 107 Å². The third-order valence-electron chi connectivity index (χ3n) is 2.52. The Hall–Kier alpha value is -1.40. The summed E-state index contributed by atoms with van der Waals surface area (Å²) >= 11 is 0. The van der Waals surface area contributed by atoms with Crippen molar-refractivity contribution in [1.82, 2.24) is 4.72 Å². The number of esters is 1. The van der Waals surface area contributed by atoms with E-state index in [2.05, 4.69) is 9.46 Å². The van der Waals surface area contributed by atoms with Crippen LogP contribution in [0.1, 0.15) is 18.9 Å². The number of rotatable bonds is 5. The van der Waals surface area contributed by atoms with Crippen LogP contribution in [0.2, 0.25) is 0 Å². The number of carbonyl (C=O) groups excluding carboxylic acids is 1. The standard InChI is InChI=1S/C12H17NO4S/c1-4-11(12(14)17-3)13-18(15,16)10-7-5-9(2)6-8-10/h5-8,11,13H,4H2,1-3H3/t11-/m0/s1. The highest BCUT2D eigenvalue weighted by Crippen LogP contribution is 2.11. The van der Waals surface area contributed by atoms with Crippen molar-refractivity contribution in [3.63, 3.8) is 0 Å². The average molecular weight is 271 g/mol. The first-order valence-corrected chi connectivity index (χ1v) is 7.06. The Morgan fingerprint density at radius 1 is 1.33 bits per heavy atom. The molecule has 1 rings (SSSR count). The molecule has 0 amide bonds. The van der Waals surface area contributed by atoms with Crippen molar-refractivity contribution in [3.8, 4) is 0 Å². The summed E-state index contributed by atoms with van der Waals surface area (Å²) in [6.45, 7) is 3.58. The number of nitrogens with one attached hydrogen (secondary N) is 1. The Bertz CT molecular complexity index is 507. The highest BCUT2D eigenvalue weighted by Gasteiger charge is 2.24. The SMILES string of the molecule is CC[C@H](NS(=O)(=O)c1ccc(C)cc1)C(=O)OC. The molecule has 0 aliphatic rings. The van der Waals surface area contributed by atoms with Crippen molar-refractivity contribution in [2.24, 2.45) is 0 Å². The summed E-state index contributed by atoms with van der Waals surface area (Å²) in [5.41, 5.74) is 0.967. The Morgan fingerprint density at radius 3 is 2.33 bits per heavy atom. The van der Waals surface area contributed by atoms with Crippen LogP contribution in [-0.4, -0.2) is 27.5 Å². The lowest BCUT2D eigenvalue weighted by molar-refractivity contribution is -0.142. The number of sulfonamides is 1. The smallest absolute Gasteiger partial charge is 0.323 e. The average Bonchev–Trinajstić information content (AvgIpc) is 2.35. The predicted octanol–water partition coefficient (Wildman–Crippen LogP) is 1.22. The number of benzene rings is 1. The molecule has 0 saturated carbocycles. The molecule has 6 heteroatoms. The van der Waals surface area contributed by atoms with Crippen LogP contribution >= 0.6 is 0 Å². The first-order valence-electron chi connectivity index (χ1n) is 5.57. The molecule has 0 aliphatic carbocycles. The second-order valence-electron chi connectivity index (χ2n) is 3.92. The maximum atomic E-state index is 12.0. The highest BCUT2D eigenvalue weighted by atomic mass is 32.2. The van der Waals surface area contributed by atoms with Gasteiger partial charge in [-0.3, -0.25) is 4.79 Å². The molecule has 0 spiro atoms. The van der Waals surface area contributed by atoms with E-state index in [-0.39, 0.29) is 4.90 Å². The third kappa shape index (κ3) is 3.54. The maximum Gasteiger partial charge on any atom is 0.323 e. The Balaban J connectivity index is 2.94. The minimum Gasteiger partial charge on any atom is -0.468 e. The summed E-state index contributed by atoms with van der Waals surface area (Å²) in [5.74, 6) is -0.590. The van der Waals surface area contributed by atoms with Crippen molar-refractivity contribution in [1.29, 1.82) is 0 Å². The molecule has 0 unspecified atom stereocenters. The molecule has 1 atom stereocenters. The molecule has 0 fully saturated rings. The van der Waals surface area contributed by atoms with E-state index < -0.39 is 22.0 Å². The molecule has 1 aromatic carbocycles. The largest absolute Gasteiger partial charge is 0.468 e. The molecular weight excluding hydrogens is 254 g/mol. The fraction of sp³-hybridized carbons (Fsp3) is 0.417. The minimum absolute atomic E-state index is 0.135. The lowest BCUT2D eigenvalue weighted by Crippen LogP contribution is -2.40. The zero-order valence-electron chi connectivity index (χ0n) is 10.6. The van der Waals surface area contributed by atoms with Crippen LogP contribution in [0.4, 0.5) is 0 Å². The van der Waals surface area contributed by atoms with Gasteiger partial charge in [-0.25, -0.2) is 8.42 Å². The van der Waals surface area contributed by atoms with E-state index in [4.69, 9.17) is 0 Å². The van der Waals surface area contributed by atoms with Gasteiger partial charge >= 0.3 is 5.97 Å². The van der Waals surface area contributed by atoms with Crippen molar-refractivity contribution in [2.75, 3.05) is 7.11 Å². The zero-order valence-corrected chi connectivity index (χ0v) is 11.5. The van der Waals surface area contributed by atoms with Crippen LogP contribution in [0, 0.1) is 6.92 Å². The van der Waals surface area contributed by atoms with E-state index in [1.54, 1.807) is 19.1 Å². The third-order valence-corrected chi connectivity index (χ3v) is 4.01. The number of methoxy groups -OCH3 is 1. The van der Waals surface area contributed by atoms with Crippen LogP contribution in [-0.2, 0) is 19.6 Å². The molecule has 5 nitrogen and oxygen atoms in total. The summed E-state index contributed by atoms with van der Waals surface area (Å²) in [7, 11) is -2.47. The first kappa shape index (κ1) is 14.7. The van der Waals surface area contributed by atoms with Gasteiger partial charge in [-0.1, -0.05) is 24.6 Å². The summed E-state index contributed by atoms with van der Waals surface area (Å²) in [6, 6.07) is 5.55. The number of hydrogen-bond donors (Lipinski definition) is 1. The van der Waals surface area contributed by atoms with Gasteiger partial charge in [0.2, 0.25) is 10.0 Å². The quantitative estimate of drug-likeness (QED) is 0.817. The van der Waals surface area contributed by atoms with Crippen LogP contribution < -0.4 is 4.72 Å². The van der Waals surface area contributed by atoms with E-state index >= 15 is 0 Å². The number of hydrogen-bond acceptors (Lipinski definition) is 4. The molecule has 1 aromatic rings. The van der Waals surface area contributed by atoms with Crippen molar-refractivity contribution in [3.05, 3.63) is 29.8 Å². The van der Waals surface area contributed by atoms with Gasteiger partial charge in [0.05, 0.1) is 12.0 Å². The molecule has 1 N–H and O–H groups in total. The van der Waals surface area contributed by atoms with Crippen molar-refractivity contribution in [2.45, 2.75) is 31.2 Å². The minimum atomic E-state index is -3.69. The lowest BCUT2D eigenvalue weighted by Gasteiger charge is -2.14. The van der Waals surface area contributed by atoms with Gasteiger partial charge in [0, 0.05) is 0 Å². The predicted molar refractivity (Wildman–Crippen MR) is 67.6 cm³/mol. The van der Waals surface area contributed by atoms with E-state index in [9.17, 15) is 13.2 Å². The first-order chi connectivity index (χ1) is 8.40. The number of carbonyl (C=O) groups is 1. The second-order valence-corrected chi connectivity index (χ2v) is 5.63. The number of aryl methyl sites for hydroxylation is 1. The molecule has 18 heavy (non-hydrogen) atoms. The second kappa shape index (κ2) is 5.97. The van der Waals surface area contributed by atoms with E-state index in [0.717, 1.165) is 5.56 Å².